The zero-order chi connectivity index (χ0) is 12.4. The fourth-order valence-corrected chi connectivity index (χ4v) is 1.79. The summed E-state index contributed by atoms with van der Waals surface area (Å²) in [5, 5.41) is 9.14. The van der Waals surface area contributed by atoms with Gasteiger partial charge in [0.2, 0.25) is 0 Å². The molecule has 1 N–H and O–H groups in total. The highest BCUT2D eigenvalue weighted by molar-refractivity contribution is 5.93. The van der Waals surface area contributed by atoms with Crippen LogP contribution in [-0.2, 0) is 13.5 Å². The quantitative estimate of drug-likeness (QED) is 0.880. The fourth-order valence-electron chi connectivity index (χ4n) is 1.79. The molecule has 88 valence electrons. The molecule has 1 aromatic carbocycles. The molecule has 0 aliphatic heterocycles. The van der Waals surface area contributed by atoms with Gasteiger partial charge < -0.3 is 9.67 Å². The largest absolute Gasteiger partial charge is 0.477 e. The van der Waals surface area contributed by atoms with Crippen molar-refractivity contribution in [3.05, 3.63) is 41.9 Å². The summed E-state index contributed by atoms with van der Waals surface area (Å²) in [6, 6.07) is 7.81. The van der Waals surface area contributed by atoms with E-state index in [-0.39, 0.29) is 5.69 Å². The zero-order valence-corrected chi connectivity index (χ0v) is 9.84. The average molecular weight is 230 g/mol. The lowest BCUT2D eigenvalue weighted by Crippen LogP contribution is -2.05. The van der Waals surface area contributed by atoms with Crippen LogP contribution in [0.2, 0.25) is 0 Å². The molecule has 0 aliphatic carbocycles. The summed E-state index contributed by atoms with van der Waals surface area (Å²) in [6.07, 6.45) is 2.49. The topological polar surface area (TPSA) is 55.1 Å². The predicted molar refractivity (Wildman–Crippen MR) is 65.0 cm³/mol. The molecule has 0 unspecified atom stereocenters. The van der Waals surface area contributed by atoms with Gasteiger partial charge in [0.15, 0.2) is 5.69 Å². The van der Waals surface area contributed by atoms with Crippen molar-refractivity contribution in [3.63, 3.8) is 0 Å². The van der Waals surface area contributed by atoms with Gasteiger partial charge in [-0.2, -0.15) is 0 Å². The number of rotatable bonds is 3. The molecule has 0 bridgehead atoms. The number of carboxylic acids is 1. The van der Waals surface area contributed by atoms with Crippen LogP contribution in [0.25, 0.3) is 11.3 Å². The number of imidazole rings is 1. The van der Waals surface area contributed by atoms with Crippen molar-refractivity contribution in [1.82, 2.24) is 9.55 Å². The first-order valence-electron chi connectivity index (χ1n) is 5.47. The molecule has 17 heavy (non-hydrogen) atoms. The van der Waals surface area contributed by atoms with Crippen LogP contribution in [0, 0.1) is 0 Å². The van der Waals surface area contributed by atoms with E-state index in [0.29, 0.717) is 5.69 Å². The number of carbonyl (C=O) groups is 1. The van der Waals surface area contributed by atoms with E-state index < -0.39 is 5.97 Å². The van der Waals surface area contributed by atoms with Gasteiger partial charge in [0.1, 0.15) is 5.69 Å². The first-order chi connectivity index (χ1) is 8.13. The van der Waals surface area contributed by atoms with E-state index in [1.165, 1.54) is 16.5 Å². The molecule has 1 aromatic heterocycles. The van der Waals surface area contributed by atoms with Crippen molar-refractivity contribution in [1.29, 1.82) is 0 Å². The third-order valence-corrected chi connectivity index (χ3v) is 2.78. The second-order valence-electron chi connectivity index (χ2n) is 3.91. The highest BCUT2D eigenvalue weighted by Crippen LogP contribution is 2.22. The molecule has 1 heterocycles. The number of aryl methyl sites for hydroxylation is 2. The number of nitrogens with zero attached hydrogens (tertiary/aromatic N) is 2. The van der Waals surface area contributed by atoms with E-state index in [2.05, 4.69) is 11.9 Å². The molecule has 2 rings (SSSR count). The smallest absolute Gasteiger partial charge is 0.354 e. The Morgan fingerprint density at radius 1 is 1.35 bits per heavy atom. The zero-order valence-electron chi connectivity index (χ0n) is 9.84. The highest BCUT2D eigenvalue weighted by atomic mass is 16.4. The summed E-state index contributed by atoms with van der Waals surface area (Å²) in [6.45, 7) is 2.08. The first kappa shape index (κ1) is 11.4. The Hall–Kier alpha value is -2.10. The lowest BCUT2D eigenvalue weighted by atomic mass is 10.1. The second kappa shape index (κ2) is 4.41. The first-order valence-corrected chi connectivity index (χ1v) is 5.47. The number of benzene rings is 1. The molecule has 4 nitrogen and oxygen atoms in total. The number of aromatic carboxylic acids is 1. The van der Waals surface area contributed by atoms with Gasteiger partial charge in [-0.3, -0.25) is 0 Å². The Labute approximate surface area is 99.5 Å². The van der Waals surface area contributed by atoms with Crippen molar-refractivity contribution in [2.45, 2.75) is 13.3 Å². The maximum atomic E-state index is 11.1. The van der Waals surface area contributed by atoms with Gasteiger partial charge in [-0.05, 0) is 12.0 Å². The standard InChI is InChI=1S/C13H14N2O2/c1-3-9-4-6-10(7-5-9)11-12(13(16)17)15(2)8-14-11/h4-8H,3H2,1-2H3,(H,16,17). The van der Waals surface area contributed by atoms with E-state index in [9.17, 15) is 4.79 Å². The normalized spacial score (nSPS) is 10.5. The van der Waals surface area contributed by atoms with Gasteiger partial charge >= 0.3 is 5.97 Å². The van der Waals surface area contributed by atoms with Crippen LogP contribution in [0.3, 0.4) is 0 Å². The number of carboxylic acid groups (broad SMARTS) is 1. The van der Waals surface area contributed by atoms with Crippen LogP contribution in [-0.4, -0.2) is 20.6 Å². The van der Waals surface area contributed by atoms with Gasteiger partial charge in [-0.1, -0.05) is 31.2 Å². The van der Waals surface area contributed by atoms with Crippen LogP contribution in [0.5, 0.6) is 0 Å². The molecule has 0 saturated carbocycles. The van der Waals surface area contributed by atoms with Gasteiger partial charge in [-0.25, -0.2) is 9.78 Å². The van der Waals surface area contributed by atoms with Gasteiger partial charge in [0.25, 0.3) is 0 Å². The molecule has 0 fully saturated rings. The molecule has 0 radical (unpaired) electrons. The minimum absolute atomic E-state index is 0.217. The van der Waals surface area contributed by atoms with E-state index >= 15 is 0 Å². The summed E-state index contributed by atoms with van der Waals surface area (Å²) >= 11 is 0. The van der Waals surface area contributed by atoms with Crippen LogP contribution >= 0.6 is 0 Å². The predicted octanol–water partition coefficient (Wildman–Crippen LogP) is 2.35. The summed E-state index contributed by atoms with van der Waals surface area (Å²) < 4.78 is 1.52. The van der Waals surface area contributed by atoms with Crippen molar-refractivity contribution in [2.24, 2.45) is 7.05 Å². The Morgan fingerprint density at radius 3 is 2.53 bits per heavy atom. The third kappa shape index (κ3) is 2.06. The number of aromatic nitrogens is 2. The molecule has 2 aromatic rings. The van der Waals surface area contributed by atoms with Crippen LogP contribution in [0.4, 0.5) is 0 Å². The van der Waals surface area contributed by atoms with E-state index in [1.807, 2.05) is 24.3 Å². The monoisotopic (exact) mass is 230 g/mol. The Kier molecular flexibility index (Phi) is 2.95. The molecule has 0 amide bonds. The van der Waals surface area contributed by atoms with E-state index in [4.69, 9.17) is 5.11 Å². The maximum absolute atomic E-state index is 11.1. The van der Waals surface area contributed by atoms with E-state index in [0.717, 1.165) is 12.0 Å². The van der Waals surface area contributed by atoms with Crippen molar-refractivity contribution in [2.75, 3.05) is 0 Å². The molecule has 0 saturated heterocycles. The van der Waals surface area contributed by atoms with Gasteiger partial charge in [0, 0.05) is 12.6 Å². The Bertz CT molecular complexity index is 541. The molecule has 0 atom stereocenters. The van der Waals surface area contributed by atoms with E-state index in [1.54, 1.807) is 7.05 Å². The molecular formula is C13H14N2O2. The fraction of sp³-hybridized carbons (Fsp3) is 0.231. The van der Waals surface area contributed by atoms with Crippen LogP contribution in [0.15, 0.2) is 30.6 Å². The van der Waals surface area contributed by atoms with Crippen LogP contribution in [0.1, 0.15) is 23.0 Å². The molecule has 4 heteroatoms. The molecular weight excluding hydrogens is 216 g/mol. The second-order valence-corrected chi connectivity index (χ2v) is 3.91. The Balaban J connectivity index is 2.49. The van der Waals surface area contributed by atoms with Gasteiger partial charge in [0.05, 0.1) is 6.33 Å². The minimum atomic E-state index is -0.959. The highest BCUT2D eigenvalue weighted by Gasteiger charge is 2.17. The lowest BCUT2D eigenvalue weighted by Gasteiger charge is -2.02. The van der Waals surface area contributed by atoms with Crippen molar-refractivity contribution < 1.29 is 9.90 Å². The number of hydrogen-bond donors (Lipinski definition) is 1. The van der Waals surface area contributed by atoms with Crippen molar-refractivity contribution in [3.8, 4) is 11.3 Å². The minimum Gasteiger partial charge on any atom is -0.477 e. The maximum Gasteiger partial charge on any atom is 0.354 e. The number of hydrogen-bond acceptors (Lipinski definition) is 2. The third-order valence-electron chi connectivity index (χ3n) is 2.78. The van der Waals surface area contributed by atoms with Gasteiger partial charge in [-0.15, -0.1) is 0 Å². The molecule has 0 spiro atoms. The Morgan fingerprint density at radius 2 is 2.00 bits per heavy atom. The van der Waals surface area contributed by atoms with Crippen molar-refractivity contribution >= 4 is 5.97 Å². The van der Waals surface area contributed by atoms with Crippen LogP contribution < -0.4 is 0 Å². The molecule has 0 aliphatic rings. The average Bonchev–Trinajstić information content (AvgIpc) is 2.71. The lowest BCUT2D eigenvalue weighted by molar-refractivity contribution is 0.0687. The summed E-state index contributed by atoms with van der Waals surface area (Å²) in [5.41, 5.74) is 2.79. The summed E-state index contributed by atoms with van der Waals surface area (Å²) in [4.78, 5) is 15.3. The SMILES string of the molecule is CCc1ccc(-c2ncn(C)c2C(=O)O)cc1. The summed E-state index contributed by atoms with van der Waals surface area (Å²) in [7, 11) is 1.68. The summed E-state index contributed by atoms with van der Waals surface area (Å²) in [5.74, 6) is -0.959.